The molecule has 0 aliphatic rings. The van der Waals surface area contributed by atoms with Gasteiger partial charge in [-0.25, -0.2) is 4.57 Å². The number of ether oxygens (including phenoxy) is 2. The van der Waals surface area contributed by atoms with Gasteiger partial charge in [-0.15, -0.1) is 0 Å². The van der Waals surface area contributed by atoms with Crippen molar-refractivity contribution >= 4 is 13.8 Å². The molecule has 8 nitrogen and oxygen atoms in total. The normalized spacial score (nSPS) is 14.2. The Morgan fingerprint density at radius 3 is 1.67 bits per heavy atom. The summed E-state index contributed by atoms with van der Waals surface area (Å²) in [5.41, 5.74) is 0. The number of likely N-dealkylation sites (N-methyl/N-ethyl adjacent to an activating group) is 1. The molecule has 0 heterocycles. The molecule has 0 aromatic carbocycles. The SMILES string of the molecule is CCC/C=C\CCCCCCCC(=O)OC(COCCCCCCCC/C=C\CCCCCCCC)COP(=O)(O)OCC[N+](C)(C)C. The Morgan fingerprint density at radius 2 is 1.12 bits per heavy atom. The van der Waals surface area contributed by atoms with E-state index in [0.29, 0.717) is 24.1 Å². The lowest BCUT2D eigenvalue weighted by molar-refractivity contribution is -0.870. The summed E-state index contributed by atoms with van der Waals surface area (Å²) in [6.45, 7) is 5.53. The molecule has 0 aromatic rings. The van der Waals surface area contributed by atoms with Gasteiger partial charge in [0, 0.05) is 13.0 Å². The Kier molecular flexibility index (Phi) is 32.4. The zero-order valence-electron chi connectivity index (χ0n) is 32.0. The van der Waals surface area contributed by atoms with Crippen LogP contribution in [0.4, 0.5) is 0 Å². The lowest BCUT2D eigenvalue weighted by Crippen LogP contribution is -2.37. The zero-order chi connectivity index (χ0) is 35.6. The quantitative estimate of drug-likeness (QED) is 0.0228. The van der Waals surface area contributed by atoms with Gasteiger partial charge < -0.3 is 18.9 Å². The van der Waals surface area contributed by atoms with Crippen molar-refractivity contribution in [2.75, 3.05) is 54.1 Å². The monoisotopic (exact) mass is 703 g/mol. The number of phosphoric acid groups is 1. The molecule has 2 unspecified atom stereocenters. The number of hydrogen-bond donors (Lipinski definition) is 1. The Labute approximate surface area is 296 Å². The van der Waals surface area contributed by atoms with Crippen LogP contribution in [-0.2, 0) is 27.9 Å². The van der Waals surface area contributed by atoms with E-state index in [9.17, 15) is 14.3 Å². The topological polar surface area (TPSA) is 91.3 Å². The van der Waals surface area contributed by atoms with Crippen LogP contribution in [0.3, 0.4) is 0 Å². The van der Waals surface area contributed by atoms with E-state index in [0.717, 1.165) is 51.4 Å². The maximum Gasteiger partial charge on any atom is 0.472 e. The van der Waals surface area contributed by atoms with E-state index in [2.05, 4.69) is 38.2 Å². The van der Waals surface area contributed by atoms with Crippen molar-refractivity contribution in [3.8, 4) is 0 Å². The first kappa shape index (κ1) is 47.0. The summed E-state index contributed by atoms with van der Waals surface area (Å²) >= 11 is 0. The Hall–Kier alpha value is -1.02. The molecule has 284 valence electrons. The number of nitrogens with zero attached hydrogens (tertiary/aromatic N) is 1. The number of carbonyl (C=O) groups excluding carboxylic acids is 1. The van der Waals surface area contributed by atoms with Crippen LogP contribution in [0.15, 0.2) is 24.3 Å². The minimum atomic E-state index is -4.27. The van der Waals surface area contributed by atoms with Crippen LogP contribution >= 0.6 is 7.82 Å². The number of esters is 1. The third-order valence-electron chi connectivity index (χ3n) is 8.22. The van der Waals surface area contributed by atoms with Crippen molar-refractivity contribution in [2.24, 2.45) is 0 Å². The van der Waals surface area contributed by atoms with Gasteiger partial charge in [-0.2, -0.15) is 0 Å². The highest BCUT2D eigenvalue weighted by atomic mass is 31.2. The van der Waals surface area contributed by atoms with E-state index in [1.807, 2.05) is 21.1 Å². The molecule has 0 fully saturated rings. The molecule has 0 bridgehead atoms. The predicted octanol–water partition coefficient (Wildman–Crippen LogP) is 10.9. The fourth-order valence-corrected chi connectivity index (χ4v) is 5.88. The van der Waals surface area contributed by atoms with Crippen molar-refractivity contribution in [1.29, 1.82) is 0 Å². The van der Waals surface area contributed by atoms with Crippen molar-refractivity contribution in [3.63, 3.8) is 0 Å². The number of hydrogen-bond acceptors (Lipinski definition) is 6. The Bertz CT molecular complexity index is 828. The molecule has 0 aliphatic carbocycles. The van der Waals surface area contributed by atoms with Crippen molar-refractivity contribution in [1.82, 2.24) is 0 Å². The predicted molar refractivity (Wildman–Crippen MR) is 201 cm³/mol. The average Bonchev–Trinajstić information content (AvgIpc) is 3.03. The maximum absolute atomic E-state index is 12.6. The van der Waals surface area contributed by atoms with E-state index < -0.39 is 13.9 Å². The van der Waals surface area contributed by atoms with Gasteiger partial charge in [0.15, 0.2) is 0 Å². The minimum Gasteiger partial charge on any atom is -0.457 e. The first-order valence-electron chi connectivity index (χ1n) is 19.6. The number of rotatable bonds is 36. The highest BCUT2D eigenvalue weighted by Gasteiger charge is 2.26. The molecule has 1 N–H and O–H groups in total. The van der Waals surface area contributed by atoms with Crippen molar-refractivity contribution in [2.45, 2.75) is 168 Å². The summed E-state index contributed by atoms with van der Waals surface area (Å²) < 4.78 is 34.8. The fourth-order valence-electron chi connectivity index (χ4n) is 5.14. The number of phosphoric ester groups is 1. The third kappa shape index (κ3) is 36.3. The van der Waals surface area contributed by atoms with E-state index >= 15 is 0 Å². The maximum atomic E-state index is 12.6. The number of allylic oxidation sites excluding steroid dienone is 4. The second kappa shape index (κ2) is 33.1. The molecule has 0 rings (SSSR count). The van der Waals surface area contributed by atoms with Crippen molar-refractivity contribution < 1.29 is 37.3 Å². The lowest BCUT2D eigenvalue weighted by Gasteiger charge is -2.24. The smallest absolute Gasteiger partial charge is 0.457 e. The lowest BCUT2D eigenvalue weighted by atomic mass is 10.1. The molecular formula is C39H77NO7P+. The van der Waals surface area contributed by atoms with Crippen LogP contribution < -0.4 is 0 Å². The van der Waals surface area contributed by atoms with Gasteiger partial charge in [0.05, 0.1) is 34.4 Å². The molecular weight excluding hydrogens is 625 g/mol. The van der Waals surface area contributed by atoms with Gasteiger partial charge in [0.25, 0.3) is 0 Å². The molecule has 2 atom stereocenters. The molecule has 0 aliphatic heterocycles. The molecule has 0 radical (unpaired) electrons. The van der Waals surface area contributed by atoms with Crippen LogP contribution in [0.5, 0.6) is 0 Å². The highest BCUT2D eigenvalue weighted by Crippen LogP contribution is 2.43. The molecule has 48 heavy (non-hydrogen) atoms. The van der Waals surface area contributed by atoms with Gasteiger partial charge in [0.2, 0.25) is 0 Å². The van der Waals surface area contributed by atoms with E-state index in [4.69, 9.17) is 18.5 Å². The van der Waals surface area contributed by atoms with E-state index in [-0.39, 0.29) is 25.8 Å². The van der Waals surface area contributed by atoms with E-state index in [1.165, 1.54) is 89.9 Å². The first-order chi connectivity index (χ1) is 23.1. The van der Waals surface area contributed by atoms with Gasteiger partial charge in [-0.05, 0) is 57.8 Å². The van der Waals surface area contributed by atoms with Gasteiger partial charge >= 0.3 is 13.8 Å². The molecule has 0 aromatic heterocycles. The summed E-state index contributed by atoms with van der Waals surface area (Å²) in [5.74, 6) is -0.328. The summed E-state index contributed by atoms with van der Waals surface area (Å²) in [5, 5.41) is 0. The van der Waals surface area contributed by atoms with Crippen LogP contribution in [0.1, 0.15) is 162 Å². The highest BCUT2D eigenvalue weighted by molar-refractivity contribution is 7.47. The largest absolute Gasteiger partial charge is 0.472 e. The number of quaternary nitrogens is 1. The zero-order valence-corrected chi connectivity index (χ0v) is 32.9. The third-order valence-corrected chi connectivity index (χ3v) is 9.20. The van der Waals surface area contributed by atoms with Crippen LogP contribution in [0.25, 0.3) is 0 Å². The van der Waals surface area contributed by atoms with Gasteiger partial charge in [-0.3, -0.25) is 13.8 Å². The average molecular weight is 703 g/mol. The Balaban J connectivity index is 4.26. The Morgan fingerprint density at radius 1 is 0.625 bits per heavy atom. The fraction of sp³-hybridized carbons (Fsp3) is 0.872. The van der Waals surface area contributed by atoms with E-state index in [1.54, 1.807) is 0 Å². The molecule has 0 amide bonds. The van der Waals surface area contributed by atoms with Gasteiger partial charge in [0.1, 0.15) is 19.3 Å². The molecule has 0 saturated carbocycles. The second-order valence-corrected chi connectivity index (χ2v) is 15.8. The minimum absolute atomic E-state index is 0.0865. The molecule has 0 saturated heterocycles. The molecule has 9 heteroatoms. The standard InChI is InChI=1S/C39H76NO7P/c1-6-8-10-12-14-16-18-19-20-21-22-23-25-27-29-31-34-44-36-38(37-46-48(42,43)45-35-33-40(3,4)5)47-39(41)32-30-28-26-24-17-15-13-11-9-7-2/h11,13,19-20,38H,6-10,12,14-18,21-37H2,1-5H3/p+1/b13-11-,20-19-. The summed E-state index contributed by atoms with van der Waals surface area (Å²) in [4.78, 5) is 22.7. The first-order valence-corrected chi connectivity index (χ1v) is 21.1. The van der Waals surface area contributed by atoms with Crippen molar-refractivity contribution in [3.05, 3.63) is 24.3 Å². The number of unbranched alkanes of at least 4 members (excludes halogenated alkanes) is 18. The van der Waals surface area contributed by atoms with Crippen LogP contribution in [0, 0.1) is 0 Å². The molecule has 0 spiro atoms. The summed E-state index contributed by atoms with van der Waals surface area (Å²) in [7, 11) is 1.66. The van der Waals surface area contributed by atoms with Crippen LogP contribution in [-0.4, -0.2) is 75.6 Å². The second-order valence-electron chi connectivity index (χ2n) is 14.3. The summed E-state index contributed by atoms with van der Waals surface area (Å²) in [6, 6.07) is 0. The number of carbonyl (C=O) groups is 1. The van der Waals surface area contributed by atoms with Crippen LogP contribution in [0.2, 0.25) is 0 Å². The van der Waals surface area contributed by atoms with Gasteiger partial charge in [-0.1, -0.05) is 122 Å². The summed E-state index contributed by atoms with van der Waals surface area (Å²) in [6.07, 6.45) is 34.9.